The van der Waals surface area contributed by atoms with Gasteiger partial charge in [-0.2, -0.15) is 13.2 Å². The van der Waals surface area contributed by atoms with Gasteiger partial charge in [-0.25, -0.2) is 0 Å². The van der Waals surface area contributed by atoms with Gasteiger partial charge in [0, 0.05) is 19.2 Å². The molecule has 0 spiro atoms. The van der Waals surface area contributed by atoms with Crippen LogP contribution in [0.15, 0.2) is 42.6 Å². The van der Waals surface area contributed by atoms with Gasteiger partial charge in [0.25, 0.3) is 0 Å². The van der Waals surface area contributed by atoms with Crippen molar-refractivity contribution in [2.24, 2.45) is 0 Å². The lowest BCUT2D eigenvalue weighted by Crippen LogP contribution is -2.18. The van der Waals surface area contributed by atoms with Crippen molar-refractivity contribution in [1.29, 1.82) is 0 Å². The summed E-state index contributed by atoms with van der Waals surface area (Å²) in [6.07, 6.45) is -2.30. The Balaban J connectivity index is 2.03. The number of hydrogen-bond acceptors (Lipinski definition) is 2. The van der Waals surface area contributed by atoms with Gasteiger partial charge in [-0.05, 0) is 24.3 Å². The fraction of sp³-hybridized carbons (Fsp3) is 0.200. The molecule has 0 fully saturated rings. The molecule has 1 aromatic heterocycles. The van der Waals surface area contributed by atoms with Crippen LogP contribution in [-0.4, -0.2) is 16.8 Å². The Morgan fingerprint density at radius 2 is 1.91 bits per heavy atom. The van der Waals surface area contributed by atoms with E-state index in [0.29, 0.717) is 12.0 Å². The van der Waals surface area contributed by atoms with Gasteiger partial charge < -0.3 is 9.88 Å². The number of nitrogens with one attached hydrogen (secondary N) is 1. The summed E-state index contributed by atoms with van der Waals surface area (Å²) in [6.45, 7) is 0.209. The number of para-hydroxylation sites is 1. The number of aromatic nitrogens is 1. The summed E-state index contributed by atoms with van der Waals surface area (Å²) in [5.41, 5.74) is -0.760. The fourth-order valence-corrected chi connectivity index (χ4v) is 2.01. The van der Waals surface area contributed by atoms with Crippen molar-refractivity contribution in [3.63, 3.8) is 0 Å². The second-order valence-electron chi connectivity index (χ2n) is 4.59. The van der Waals surface area contributed by atoms with Crippen molar-refractivity contribution >= 4 is 17.9 Å². The second kappa shape index (κ2) is 6.46. The quantitative estimate of drug-likeness (QED) is 0.861. The molecular weight excluding hydrogens is 297 g/mol. The number of aryl methyl sites for hydroxylation is 1. The first-order chi connectivity index (χ1) is 10.4. The summed E-state index contributed by atoms with van der Waals surface area (Å²) in [7, 11) is 0. The number of rotatable bonds is 5. The van der Waals surface area contributed by atoms with Gasteiger partial charge in [0.05, 0.1) is 16.9 Å². The van der Waals surface area contributed by atoms with Crippen LogP contribution < -0.4 is 5.32 Å². The molecule has 22 heavy (non-hydrogen) atoms. The SMILES string of the molecule is O=Cc1cccn1CCC(=O)Nc1ccccc1C(F)(F)F. The third-order valence-electron chi connectivity index (χ3n) is 3.07. The minimum atomic E-state index is -4.53. The van der Waals surface area contributed by atoms with Gasteiger partial charge in [0.2, 0.25) is 5.91 Å². The molecule has 1 aromatic carbocycles. The number of carbonyl (C=O) groups is 2. The molecule has 4 nitrogen and oxygen atoms in total. The highest BCUT2D eigenvalue weighted by molar-refractivity contribution is 5.91. The molecule has 0 bridgehead atoms. The van der Waals surface area contributed by atoms with Crippen LogP contribution >= 0.6 is 0 Å². The maximum atomic E-state index is 12.8. The highest BCUT2D eigenvalue weighted by Gasteiger charge is 2.33. The molecule has 0 aliphatic heterocycles. The Morgan fingerprint density at radius 1 is 1.18 bits per heavy atom. The first-order valence-corrected chi connectivity index (χ1v) is 6.48. The number of carbonyl (C=O) groups excluding carboxylic acids is 2. The van der Waals surface area contributed by atoms with E-state index in [4.69, 9.17) is 0 Å². The average Bonchev–Trinajstić information content (AvgIpc) is 2.92. The first kappa shape index (κ1) is 15.8. The Labute approximate surface area is 124 Å². The lowest BCUT2D eigenvalue weighted by molar-refractivity contribution is -0.137. The molecule has 0 unspecified atom stereocenters. The lowest BCUT2D eigenvalue weighted by Gasteiger charge is -2.13. The van der Waals surface area contributed by atoms with Crippen LogP contribution in [0.25, 0.3) is 0 Å². The summed E-state index contributed by atoms with van der Waals surface area (Å²) < 4.78 is 40.0. The number of anilines is 1. The highest BCUT2D eigenvalue weighted by Crippen LogP contribution is 2.34. The van der Waals surface area contributed by atoms with E-state index in [1.165, 1.54) is 18.2 Å². The molecule has 0 aliphatic rings. The third-order valence-corrected chi connectivity index (χ3v) is 3.07. The molecular formula is C15H13F3N2O2. The molecule has 2 rings (SSSR count). The van der Waals surface area contributed by atoms with E-state index in [2.05, 4.69) is 5.32 Å². The normalized spacial score (nSPS) is 11.2. The van der Waals surface area contributed by atoms with Gasteiger partial charge in [-0.1, -0.05) is 12.1 Å². The number of aldehydes is 1. The van der Waals surface area contributed by atoms with Crippen molar-refractivity contribution in [2.45, 2.75) is 19.1 Å². The minimum absolute atomic E-state index is 0.0400. The number of hydrogen-bond donors (Lipinski definition) is 1. The van der Waals surface area contributed by atoms with E-state index in [0.717, 1.165) is 6.07 Å². The summed E-state index contributed by atoms with van der Waals surface area (Å²) in [4.78, 5) is 22.5. The van der Waals surface area contributed by atoms with Crippen LogP contribution in [0, 0.1) is 0 Å². The molecule has 116 valence electrons. The zero-order valence-corrected chi connectivity index (χ0v) is 11.4. The van der Waals surface area contributed by atoms with E-state index >= 15 is 0 Å². The summed E-state index contributed by atoms with van der Waals surface area (Å²) in [6, 6.07) is 8.03. The summed E-state index contributed by atoms with van der Waals surface area (Å²) in [5.74, 6) is -0.553. The molecule has 0 atom stereocenters. The van der Waals surface area contributed by atoms with Crippen LogP contribution in [-0.2, 0) is 17.5 Å². The van der Waals surface area contributed by atoms with Gasteiger partial charge in [0.15, 0.2) is 6.29 Å². The van der Waals surface area contributed by atoms with Crippen molar-refractivity contribution in [1.82, 2.24) is 4.57 Å². The molecule has 0 aliphatic carbocycles. The fourth-order valence-electron chi connectivity index (χ4n) is 2.01. The third kappa shape index (κ3) is 3.75. The predicted octanol–water partition coefficient (Wildman–Crippen LogP) is 3.35. The minimum Gasteiger partial charge on any atom is -0.345 e. The van der Waals surface area contributed by atoms with Crippen LogP contribution in [0.5, 0.6) is 0 Å². The Hall–Kier alpha value is -2.57. The molecule has 2 aromatic rings. The number of alkyl halides is 3. The van der Waals surface area contributed by atoms with E-state index in [-0.39, 0.29) is 18.7 Å². The maximum Gasteiger partial charge on any atom is 0.418 e. The van der Waals surface area contributed by atoms with Crippen molar-refractivity contribution in [3.05, 3.63) is 53.9 Å². The Morgan fingerprint density at radius 3 is 2.59 bits per heavy atom. The smallest absolute Gasteiger partial charge is 0.345 e. The zero-order valence-electron chi connectivity index (χ0n) is 11.4. The maximum absolute atomic E-state index is 12.8. The molecule has 0 saturated heterocycles. The van der Waals surface area contributed by atoms with Crippen LogP contribution in [0.4, 0.5) is 18.9 Å². The lowest BCUT2D eigenvalue weighted by atomic mass is 10.1. The Kier molecular flexibility index (Phi) is 4.65. The van der Waals surface area contributed by atoms with Gasteiger partial charge in [0.1, 0.15) is 0 Å². The average molecular weight is 310 g/mol. The van der Waals surface area contributed by atoms with E-state index < -0.39 is 17.6 Å². The van der Waals surface area contributed by atoms with Gasteiger partial charge in [-0.3, -0.25) is 9.59 Å². The molecule has 1 heterocycles. The Bertz CT molecular complexity index is 677. The molecule has 0 saturated carbocycles. The van der Waals surface area contributed by atoms with Gasteiger partial charge in [-0.15, -0.1) is 0 Å². The monoisotopic (exact) mass is 310 g/mol. The van der Waals surface area contributed by atoms with Crippen molar-refractivity contribution < 1.29 is 22.8 Å². The molecule has 7 heteroatoms. The topological polar surface area (TPSA) is 51.1 Å². The summed E-state index contributed by atoms with van der Waals surface area (Å²) >= 11 is 0. The van der Waals surface area contributed by atoms with E-state index in [9.17, 15) is 22.8 Å². The molecule has 1 amide bonds. The highest BCUT2D eigenvalue weighted by atomic mass is 19.4. The first-order valence-electron chi connectivity index (χ1n) is 6.48. The molecule has 0 radical (unpaired) electrons. The van der Waals surface area contributed by atoms with E-state index in [1.807, 2.05) is 0 Å². The van der Waals surface area contributed by atoms with Gasteiger partial charge >= 0.3 is 6.18 Å². The largest absolute Gasteiger partial charge is 0.418 e. The molecule has 1 N–H and O–H groups in total. The van der Waals surface area contributed by atoms with Crippen molar-refractivity contribution in [3.8, 4) is 0 Å². The standard InChI is InChI=1S/C15H13F3N2O2/c16-15(17,18)12-5-1-2-6-13(12)19-14(22)7-9-20-8-3-4-11(20)10-21/h1-6,8,10H,7,9H2,(H,19,22). The van der Waals surface area contributed by atoms with E-state index in [1.54, 1.807) is 22.9 Å². The number of nitrogens with zero attached hydrogens (tertiary/aromatic N) is 1. The number of halogens is 3. The second-order valence-corrected chi connectivity index (χ2v) is 4.59. The van der Waals surface area contributed by atoms with Crippen molar-refractivity contribution in [2.75, 3.05) is 5.32 Å². The van der Waals surface area contributed by atoms with Crippen LogP contribution in [0.3, 0.4) is 0 Å². The summed E-state index contributed by atoms with van der Waals surface area (Å²) in [5, 5.41) is 2.26. The zero-order chi connectivity index (χ0) is 16.2. The number of benzene rings is 1. The number of amides is 1. The van der Waals surface area contributed by atoms with Crippen LogP contribution in [0.1, 0.15) is 22.5 Å². The predicted molar refractivity (Wildman–Crippen MR) is 74.5 cm³/mol. The van der Waals surface area contributed by atoms with Crippen LogP contribution in [0.2, 0.25) is 0 Å².